The van der Waals surface area contributed by atoms with Crippen LogP contribution in [0.1, 0.15) is 49.8 Å². The summed E-state index contributed by atoms with van der Waals surface area (Å²) in [6.45, 7) is 8.66. The molecule has 7 nitrogen and oxygen atoms in total. The van der Waals surface area contributed by atoms with Gasteiger partial charge in [0.2, 0.25) is 21.8 Å². The second kappa shape index (κ2) is 13.3. The van der Waals surface area contributed by atoms with Crippen molar-refractivity contribution in [3.05, 3.63) is 65.2 Å². The van der Waals surface area contributed by atoms with Gasteiger partial charge in [-0.2, -0.15) is 0 Å². The summed E-state index contributed by atoms with van der Waals surface area (Å²) in [5, 5.41) is 2.84. The number of aryl methyl sites for hydroxylation is 2. The van der Waals surface area contributed by atoms with E-state index in [9.17, 15) is 18.0 Å². The fourth-order valence-corrected chi connectivity index (χ4v) is 5.17. The Labute approximate surface area is 210 Å². The third-order valence-corrected chi connectivity index (χ3v) is 7.19. The Morgan fingerprint density at radius 3 is 2.29 bits per heavy atom. The maximum absolute atomic E-state index is 13.3. The number of nitrogens with one attached hydrogen (secondary N) is 1. The first kappa shape index (κ1) is 28.4. The minimum absolute atomic E-state index is 0.145. The predicted octanol–water partition coefficient (Wildman–Crippen LogP) is 3.84. The van der Waals surface area contributed by atoms with Gasteiger partial charge in [0.05, 0.1) is 11.9 Å². The lowest BCUT2D eigenvalue weighted by atomic mass is 10.1. The SMILES string of the molecule is CCNC(=O)C(CC)N(CCc1ccccc1)C(=O)CCCN(c1cc(C)ccc1C)S(C)(=O)=O. The van der Waals surface area contributed by atoms with Crippen molar-refractivity contribution in [2.45, 2.75) is 59.4 Å². The average Bonchev–Trinajstić information content (AvgIpc) is 2.81. The molecule has 0 radical (unpaired) electrons. The first-order chi connectivity index (χ1) is 16.6. The van der Waals surface area contributed by atoms with Crippen molar-refractivity contribution >= 4 is 27.5 Å². The molecule has 1 unspecified atom stereocenters. The molecule has 0 bridgehead atoms. The van der Waals surface area contributed by atoms with Crippen LogP contribution in [0.5, 0.6) is 0 Å². The summed E-state index contributed by atoms with van der Waals surface area (Å²) in [6.07, 6.45) is 2.84. The minimum Gasteiger partial charge on any atom is -0.355 e. The molecular formula is C27H39N3O4S. The molecule has 8 heteroatoms. The smallest absolute Gasteiger partial charge is 0.242 e. The van der Waals surface area contributed by atoms with Gasteiger partial charge < -0.3 is 10.2 Å². The highest BCUT2D eigenvalue weighted by Gasteiger charge is 2.28. The van der Waals surface area contributed by atoms with Crippen LogP contribution in [0.3, 0.4) is 0 Å². The number of sulfonamides is 1. The predicted molar refractivity (Wildman–Crippen MR) is 142 cm³/mol. The van der Waals surface area contributed by atoms with Gasteiger partial charge in [-0.15, -0.1) is 0 Å². The van der Waals surface area contributed by atoms with Crippen LogP contribution >= 0.6 is 0 Å². The van der Waals surface area contributed by atoms with Crippen molar-refractivity contribution in [1.82, 2.24) is 10.2 Å². The third kappa shape index (κ3) is 8.38. The Balaban J connectivity index is 2.17. The van der Waals surface area contributed by atoms with Gasteiger partial charge in [0.15, 0.2) is 0 Å². The molecule has 0 fully saturated rings. The number of likely N-dealkylation sites (N-methyl/N-ethyl adjacent to an activating group) is 1. The molecule has 192 valence electrons. The second-order valence-electron chi connectivity index (χ2n) is 8.87. The van der Waals surface area contributed by atoms with Gasteiger partial charge in [0.25, 0.3) is 0 Å². The number of rotatable bonds is 13. The molecule has 2 aromatic carbocycles. The molecule has 1 atom stereocenters. The van der Waals surface area contributed by atoms with Gasteiger partial charge in [-0.05, 0) is 62.8 Å². The quantitative estimate of drug-likeness (QED) is 0.452. The van der Waals surface area contributed by atoms with Crippen molar-refractivity contribution in [1.29, 1.82) is 0 Å². The number of carbonyl (C=O) groups excluding carboxylic acids is 2. The van der Waals surface area contributed by atoms with Crippen LogP contribution in [-0.4, -0.2) is 57.1 Å². The summed E-state index contributed by atoms with van der Waals surface area (Å²) < 4.78 is 26.5. The third-order valence-electron chi connectivity index (χ3n) is 6.01. The van der Waals surface area contributed by atoms with Crippen LogP contribution in [0.25, 0.3) is 0 Å². The van der Waals surface area contributed by atoms with E-state index >= 15 is 0 Å². The summed E-state index contributed by atoms with van der Waals surface area (Å²) in [4.78, 5) is 27.7. The zero-order valence-corrected chi connectivity index (χ0v) is 22.4. The van der Waals surface area contributed by atoms with Crippen LogP contribution in [0, 0.1) is 13.8 Å². The number of benzene rings is 2. The topological polar surface area (TPSA) is 86.8 Å². The lowest BCUT2D eigenvalue weighted by Gasteiger charge is -2.31. The van der Waals surface area contributed by atoms with Crippen molar-refractivity contribution in [2.75, 3.05) is 30.2 Å². The highest BCUT2D eigenvalue weighted by atomic mass is 32.2. The highest BCUT2D eigenvalue weighted by molar-refractivity contribution is 7.92. The van der Waals surface area contributed by atoms with E-state index in [1.54, 1.807) is 4.90 Å². The normalized spacial score (nSPS) is 12.1. The van der Waals surface area contributed by atoms with Gasteiger partial charge >= 0.3 is 0 Å². The Bertz CT molecular complexity index is 1090. The Hall–Kier alpha value is -2.87. The molecule has 0 aliphatic carbocycles. The van der Waals surface area contributed by atoms with E-state index in [4.69, 9.17) is 0 Å². The van der Waals surface area contributed by atoms with E-state index in [0.29, 0.717) is 38.0 Å². The van der Waals surface area contributed by atoms with E-state index in [-0.39, 0.29) is 24.8 Å². The lowest BCUT2D eigenvalue weighted by molar-refractivity contribution is -0.140. The van der Waals surface area contributed by atoms with E-state index in [1.807, 2.05) is 76.2 Å². The van der Waals surface area contributed by atoms with Crippen LogP contribution in [0.15, 0.2) is 48.5 Å². The van der Waals surface area contributed by atoms with Gasteiger partial charge in [-0.25, -0.2) is 8.42 Å². The van der Waals surface area contributed by atoms with Gasteiger partial charge in [0.1, 0.15) is 6.04 Å². The van der Waals surface area contributed by atoms with Gasteiger partial charge in [0, 0.05) is 26.1 Å². The number of carbonyl (C=O) groups is 2. The molecule has 0 aliphatic heterocycles. The first-order valence-corrected chi connectivity index (χ1v) is 14.1. The standard InChI is InChI=1S/C27H39N3O4S/c1-6-24(27(32)28-7-2)29(19-17-23-12-9-8-10-13-23)26(31)14-11-18-30(35(5,33)34)25-20-21(3)15-16-22(25)4/h8-10,12-13,15-16,20,24H,6-7,11,14,17-19H2,1-5H3,(H,28,32). The van der Waals surface area contributed by atoms with Crippen LogP contribution in [0.4, 0.5) is 5.69 Å². The molecule has 0 aromatic heterocycles. The van der Waals surface area contributed by atoms with E-state index in [1.165, 1.54) is 10.6 Å². The average molecular weight is 502 g/mol. The van der Waals surface area contributed by atoms with Crippen molar-refractivity contribution in [2.24, 2.45) is 0 Å². The van der Waals surface area contributed by atoms with Crippen molar-refractivity contribution in [3.63, 3.8) is 0 Å². The summed E-state index contributed by atoms with van der Waals surface area (Å²) in [5.74, 6) is -0.307. The Kier molecular flexibility index (Phi) is 10.8. The van der Waals surface area contributed by atoms with Crippen molar-refractivity contribution < 1.29 is 18.0 Å². The maximum Gasteiger partial charge on any atom is 0.242 e. The molecule has 2 aromatic rings. The van der Waals surface area contributed by atoms with Gasteiger partial charge in [-0.1, -0.05) is 49.4 Å². The number of amides is 2. The molecule has 35 heavy (non-hydrogen) atoms. The summed E-state index contributed by atoms with van der Waals surface area (Å²) in [5.41, 5.74) is 3.55. The molecule has 0 aliphatic rings. The number of hydrogen-bond donors (Lipinski definition) is 1. The highest BCUT2D eigenvalue weighted by Crippen LogP contribution is 2.24. The maximum atomic E-state index is 13.3. The lowest BCUT2D eigenvalue weighted by Crippen LogP contribution is -2.50. The molecular weight excluding hydrogens is 462 g/mol. The Morgan fingerprint density at radius 2 is 1.69 bits per heavy atom. The number of nitrogens with zero attached hydrogens (tertiary/aromatic N) is 2. The Morgan fingerprint density at radius 1 is 1.00 bits per heavy atom. The molecule has 0 saturated carbocycles. The molecule has 0 heterocycles. The molecule has 2 rings (SSSR count). The number of hydrogen-bond acceptors (Lipinski definition) is 4. The van der Waals surface area contributed by atoms with Crippen LogP contribution in [-0.2, 0) is 26.0 Å². The van der Waals surface area contributed by atoms with Crippen molar-refractivity contribution in [3.8, 4) is 0 Å². The van der Waals surface area contributed by atoms with E-state index in [0.717, 1.165) is 16.7 Å². The van der Waals surface area contributed by atoms with E-state index < -0.39 is 16.1 Å². The summed E-state index contributed by atoms with van der Waals surface area (Å²) in [7, 11) is -3.52. The minimum atomic E-state index is -3.52. The summed E-state index contributed by atoms with van der Waals surface area (Å²) >= 11 is 0. The van der Waals surface area contributed by atoms with Crippen LogP contribution in [0.2, 0.25) is 0 Å². The molecule has 1 N–H and O–H groups in total. The fourth-order valence-electron chi connectivity index (χ4n) is 4.16. The van der Waals surface area contributed by atoms with E-state index in [2.05, 4.69) is 5.32 Å². The number of anilines is 1. The zero-order chi connectivity index (χ0) is 26.0. The van der Waals surface area contributed by atoms with Gasteiger partial charge in [-0.3, -0.25) is 13.9 Å². The largest absolute Gasteiger partial charge is 0.355 e. The molecule has 0 saturated heterocycles. The zero-order valence-electron chi connectivity index (χ0n) is 21.6. The molecule has 2 amide bonds. The second-order valence-corrected chi connectivity index (χ2v) is 10.8. The monoisotopic (exact) mass is 501 g/mol. The van der Waals surface area contributed by atoms with Crippen LogP contribution < -0.4 is 9.62 Å². The summed E-state index contributed by atoms with van der Waals surface area (Å²) in [6, 6.07) is 15.0. The first-order valence-electron chi connectivity index (χ1n) is 12.2. The fraction of sp³-hybridized carbons (Fsp3) is 0.481. The molecule has 0 spiro atoms.